The van der Waals surface area contributed by atoms with Crippen LogP contribution in [0.4, 0.5) is 0 Å². The third-order valence-electron chi connectivity index (χ3n) is 3.41. The summed E-state index contributed by atoms with van der Waals surface area (Å²) in [6.45, 7) is 0.325. The number of carbonyl (C=O) groups is 2. The molecule has 1 fully saturated rings. The van der Waals surface area contributed by atoms with Gasteiger partial charge in [-0.3, -0.25) is 9.59 Å². The van der Waals surface area contributed by atoms with E-state index >= 15 is 0 Å². The zero-order valence-electron chi connectivity index (χ0n) is 11.0. The Bertz CT molecular complexity index is 480. The van der Waals surface area contributed by atoms with Gasteiger partial charge in [0.25, 0.3) is 5.91 Å². The van der Waals surface area contributed by atoms with Gasteiger partial charge < -0.3 is 16.8 Å². The van der Waals surface area contributed by atoms with Gasteiger partial charge in [-0.1, -0.05) is 12.8 Å². The van der Waals surface area contributed by atoms with Gasteiger partial charge in [0.1, 0.15) is 10.7 Å². The van der Waals surface area contributed by atoms with Crippen LogP contribution in [0.5, 0.6) is 0 Å². The number of thiazole rings is 1. The first-order valence-electron chi connectivity index (χ1n) is 6.36. The maximum absolute atomic E-state index is 12.1. The van der Waals surface area contributed by atoms with Crippen LogP contribution in [0, 0.1) is 5.92 Å². The van der Waals surface area contributed by atoms with Gasteiger partial charge in [0, 0.05) is 18.0 Å². The van der Waals surface area contributed by atoms with E-state index in [1.165, 1.54) is 11.3 Å². The predicted molar refractivity (Wildman–Crippen MR) is 79.7 cm³/mol. The first-order valence-corrected chi connectivity index (χ1v) is 7.24. The predicted octanol–water partition coefficient (Wildman–Crippen LogP) is 0.797. The van der Waals surface area contributed by atoms with Crippen molar-refractivity contribution in [3.8, 4) is 0 Å². The number of nitrogens with two attached hydrogens (primary N) is 2. The number of rotatable bonds is 4. The minimum Gasteiger partial charge on any atom is -0.369 e. The molecule has 1 aliphatic rings. The van der Waals surface area contributed by atoms with Crippen LogP contribution in [0.2, 0.25) is 0 Å². The lowest BCUT2D eigenvalue weighted by Gasteiger charge is -2.29. The second-order valence-electron chi connectivity index (χ2n) is 4.70. The smallest absolute Gasteiger partial charge is 0.271 e. The van der Waals surface area contributed by atoms with E-state index in [0.717, 1.165) is 30.7 Å². The van der Waals surface area contributed by atoms with Crippen LogP contribution in [0.3, 0.4) is 0 Å². The molecule has 0 aliphatic heterocycles. The number of hydrogen-bond donors (Lipinski definition) is 3. The summed E-state index contributed by atoms with van der Waals surface area (Å²) >= 11 is 1.36. The summed E-state index contributed by atoms with van der Waals surface area (Å²) in [7, 11) is 0. The number of hydrogen-bond acceptors (Lipinski definition) is 5. The van der Waals surface area contributed by atoms with E-state index in [1.54, 1.807) is 5.38 Å². The molecule has 0 saturated heterocycles. The lowest BCUT2D eigenvalue weighted by atomic mass is 9.84. The Hall–Kier alpha value is -1.18. The number of amides is 2. The molecule has 0 radical (unpaired) electrons. The van der Waals surface area contributed by atoms with Crippen molar-refractivity contribution in [2.75, 3.05) is 0 Å². The molecule has 112 valence electrons. The summed E-state index contributed by atoms with van der Waals surface area (Å²) in [4.78, 5) is 27.6. The molecule has 0 bridgehead atoms. The van der Waals surface area contributed by atoms with Crippen LogP contribution in [-0.2, 0) is 11.3 Å². The molecule has 1 aromatic heterocycles. The summed E-state index contributed by atoms with van der Waals surface area (Å²) in [6.07, 6.45) is 3.51. The fraction of sp³-hybridized carbons (Fsp3) is 0.583. The van der Waals surface area contributed by atoms with Crippen LogP contribution in [0.25, 0.3) is 0 Å². The van der Waals surface area contributed by atoms with Gasteiger partial charge in [0.05, 0.1) is 5.92 Å². The Kier molecular flexibility index (Phi) is 6.38. The van der Waals surface area contributed by atoms with E-state index in [4.69, 9.17) is 11.5 Å². The van der Waals surface area contributed by atoms with Crippen LogP contribution in [0.15, 0.2) is 5.38 Å². The summed E-state index contributed by atoms with van der Waals surface area (Å²) in [6, 6.07) is -0.179. The van der Waals surface area contributed by atoms with E-state index in [-0.39, 0.29) is 36.2 Å². The van der Waals surface area contributed by atoms with Crippen molar-refractivity contribution in [2.24, 2.45) is 17.4 Å². The summed E-state index contributed by atoms with van der Waals surface area (Å²) in [5, 5.41) is 5.27. The molecule has 2 unspecified atom stereocenters. The topological polar surface area (TPSA) is 111 Å². The average molecular weight is 319 g/mol. The summed E-state index contributed by atoms with van der Waals surface area (Å²) < 4.78 is 0. The Balaban J connectivity index is 0.00000200. The first kappa shape index (κ1) is 16.9. The molecule has 2 rings (SSSR count). The lowest BCUT2D eigenvalue weighted by molar-refractivity contribution is -0.123. The van der Waals surface area contributed by atoms with Crippen LogP contribution >= 0.6 is 23.7 Å². The average Bonchev–Trinajstić information content (AvgIpc) is 2.88. The SMILES string of the molecule is Cl.NCc1nc(C(=O)NC2CCCCC2C(N)=O)cs1. The van der Waals surface area contributed by atoms with Gasteiger partial charge >= 0.3 is 0 Å². The van der Waals surface area contributed by atoms with E-state index in [9.17, 15) is 9.59 Å². The number of carbonyl (C=O) groups excluding carboxylic acids is 2. The zero-order chi connectivity index (χ0) is 13.8. The van der Waals surface area contributed by atoms with E-state index < -0.39 is 0 Å². The third kappa shape index (κ3) is 3.91. The molecule has 1 heterocycles. The van der Waals surface area contributed by atoms with Crippen LogP contribution < -0.4 is 16.8 Å². The quantitative estimate of drug-likeness (QED) is 0.762. The van der Waals surface area contributed by atoms with Crippen molar-refractivity contribution in [3.05, 3.63) is 16.1 Å². The van der Waals surface area contributed by atoms with Crippen LogP contribution in [0.1, 0.15) is 41.2 Å². The normalized spacial score (nSPS) is 21.9. The second kappa shape index (κ2) is 7.56. The first-order chi connectivity index (χ1) is 9.11. The molecule has 6 nitrogen and oxygen atoms in total. The molecule has 2 atom stereocenters. The number of halogens is 1. The molecule has 2 amide bonds. The van der Waals surface area contributed by atoms with E-state index in [1.807, 2.05) is 0 Å². The van der Waals surface area contributed by atoms with Crippen molar-refractivity contribution in [2.45, 2.75) is 38.3 Å². The minimum absolute atomic E-state index is 0. The molecular formula is C12H19ClN4O2S. The highest BCUT2D eigenvalue weighted by atomic mass is 35.5. The fourth-order valence-corrected chi connectivity index (χ4v) is 3.05. The number of aromatic nitrogens is 1. The number of primary amides is 1. The third-order valence-corrected chi connectivity index (χ3v) is 4.28. The maximum Gasteiger partial charge on any atom is 0.271 e. The number of nitrogens with zero attached hydrogens (tertiary/aromatic N) is 1. The van der Waals surface area contributed by atoms with Gasteiger partial charge in [-0.25, -0.2) is 4.98 Å². The Morgan fingerprint density at radius 1 is 1.40 bits per heavy atom. The molecule has 20 heavy (non-hydrogen) atoms. The maximum atomic E-state index is 12.1. The van der Waals surface area contributed by atoms with Gasteiger partial charge in [0.2, 0.25) is 5.91 Å². The molecule has 0 spiro atoms. The second-order valence-corrected chi connectivity index (χ2v) is 5.65. The largest absolute Gasteiger partial charge is 0.369 e. The summed E-state index contributed by atoms with van der Waals surface area (Å²) in [5.74, 6) is -0.870. The number of nitrogens with one attached hydrogen (secondary N) is 1. The monoisotopic (exact) mass is 318 g/mol. The molecule has 1 saturated carbocycles. The van der Waals surface area contributed by atoms with Gasteiger partial charge in [-0.2, -0.15) is 0 Å². The fourth-order valence-electron chi connectivity index (χ4n) is 2.40. The summed E-state index contributed by atoms with van der Waals surface area (Å²) in [5.41, 5.74) is 11.2. The van der Waals surface area contributed by atoms with Crippen molar-refractivity contribution >= 4 is 35.6 Å². The molecular weight excluding hydrogens is 300 g/mol. The highest BCUT2D eigenvalue weighted by molar-refractivity contribution is 7.09. The highest BCUT2D eigenvalue weighted by Crippen LogP contribution is 2.24. The molecule has 0 aromatic carbocycles. The Morgan fingerprint density at radius 3 is 2.70 bits per heavy atom. The van der Waals surface area contributed by atoms with Gasteiger partial charge in [-0.15, -0.1) is 23.7 Å². The molecule has 1 aliphatic carbocycles. The highest BCUT2D eigenvalue weighted by Gasteiger charge is 2.31. The van der Waals surface area contributed by atoms with Gasteiger partial charge in [-0.05, 0) is 12.8 Å². The molecule has 8 heteroatoms. The van der Waals surface area contributed by atoms with Gasteiger partial charge in [0.15, 0.2) is 0 Å². The lowest BCUT2D eigenvalue weighted by Crippen LogP contribution is -2.47. The minimum atomic E-state index is -0.342. The van der Waals surface area contributed by atoms with Crippen molar-refractivity contribution < 1.29 is 9.59 Å². The van der Waals surface area contributed by atoms with Crippen LogP contribution in [-0.4, -0.2) is 22.8 Å². The molecule has 1 aromatic rings. The van der Waals surface area contributed by atoms with Crippen molar-refractivity contribution in [1.82, 2.24) is 10.3 Å². The Morgan fingerprint density at radius 2 is 2.10 bits per heavy atom. The van der Waals surface area contributed by atoms with Crippen molar-refractivity contribution in [1.29, 1.82) is 0 Å². The zero-order valence-corrected chi connectivity index (χ0v) is 12.6. The van der Waals surface area contributed by atoms with E-state index in [2.05, 4.69) is 10.3 Å². The van der Waals surface area contributed by atoms with Crippen molar-refractivity contribution in [3.63, 3.8) is 0 Å². The molecule has 5 N–H and O–H groups in total. The van der Waals surface area contributed by atoms with E-state index in [0.29, 0.717) is 12.2 Å². The standard InChI is InChI=1S/C12H18N4O2S.ClH/c13-5-10-15-9(6-19-10)12(18)16-8-4-2-1-3-7(8)11(14)17;/h6-8H,1-5,13H2,(H2,14,17)(H,16,18);1H. The Labute approximate surface area is 127 Å².